The van der Waals surface area contributed by atoms with Gasteiger partial charge in [-0.1, -0.05) is 30.3 Å². The predicted molar refractivity (Wildman–Crippen MR) is 111 cm³/mol. The fourth-order valence-corrected chi connectivity index (χ4v) is 4.02. The molecule has 32 heavy (non-hydrogen) atoms. The van der Waals surface area contributed by atoms with Gasteiger partial charge in [0.05, 0.1) is 16.1 Å². The van der Waals surface area contributed by atoms with E-state index >= 15 is 0 Å². The van der Waals surface area contributed by atoms with Crippen molar-refractivity contribution in [2.24, 2.45) is 0 Å². The van der Waals surface area contributed by atoms with E-state index in [4.69, 9.17) is 0 Å². The van der Waals surface area contributed by atoms with Gasteiger partial charge in [0, 0.05) is 19.2 Å². The molecule has 1 amide bonds. The standard InChI is InChI=1S/C22H18F4N2O3S/c1-28(14-15-9-11-17(12-10-15)22(24,25)26)21(29)16-5-4-6-18(13-16)32(30,31)27-20-8-3-2-7-19(20)23/h2-13,27H,14H2,1H3. The Balaban J connectivity index is 1.76. The fourth-order valence-electron chi connectivity index (χ4n) is 2.91. The summed E-state index contributed by atoms with van der Waals surface area (Å²) in [6, 6.07) is 14.8. The molecule has 0 aromatic heterocycles. The lowest BCUT2D eigenvalue weighted by molar-refractivity contribution is -0.137. The van der Waals surface area contributed by atoms with Gasteiger partial charge in [-0.15, -0.1) is 0 Å². The van der Waals surface area contributed by atoms with Gasteiger partial charge in [0.25, 0.3) is 15.9 Å². The third-order valence-electron chi connectivity index (χ3n) is 4.56. The van der Waals surface area contributed by atoms with Crippen LogP contribution in [-0.4, -0.2) is 26.3 Å². The molecule has 0 saturated carbocycles. The van der Waals surface area contributed by atoms with E-state index < -0.39 is 33.5 Å². The highest BCUT2D eigenvalue weighted by Gasteiger charge is 2.30. The second-order valence-corrected chi connectivity index (χ2v) is 8.65. The van der Waals surface area contributed by atoms with Crippen molar-refractivity contribution in [3.05, 3.63) is 95.3 Å². The van der Waals surface area contributed by atoms with Crippen LogP contribution in [0.25, 0.3) is 0 Å². The topological polar surface area (TPSA) is 66.5 Å². The number of nitrogens with zero attached hydrogens (tertiary/aromatic N) is 1. The molecule has 10 heteroatoms. The number of hydrogen-bond acceptors (Lipinski definition) is 3. The van der Waals surface area contributed by atoms with Gasteiger partial charge < -0.3 is 4.90 Å². The van der Waals surface area contributed by atoms with E-state index in [1.54, 1.807) is 0 Å². The van der Waals surface area contributed by atoms with E-state index in [2.05, 4.69) is 4.72 Å². The number of nitrogens with one attached hydrogen (secondary N) is 1. The highest BCUT2D eigenvalue weighted by atomic mass is 32.2. The average molecular weight is 466 g/mol. The van der Waals surface area contributed by atoms with Gasteiger partial charge >= 0.3 is 6.18 Å². The number of anilines is 1. The number of para-hydroxylation sites is 1. The van der Waals surface area contributed by atoms with Crippen molar-refractivity contribution in [2.75, 3.05) is 11.8 Å². The average Bonchev–Trinajstić information content (AvgIpc) is 2.74. The number of sulfonamides is 1. The van der Waals surface area contributed by atoms with Gasteiger partial charge in [0.15, 0.2) is 0 Å². The summed E-state index contributed by atoms with van der Waals surface area (Å²) in [6.45, 7) is 0.0153. The molecule has 0 aliphatic rings. The summed E-state index contributed by atoms with van der Waals surface area (Å²) in [4.78, 5) is 13.7. The zero-order chi connectivity index (χ0) is 23.5. The summed E-state index contributed by atoms with van der Waals surface area (Å²) >= 11 is 0. The van der Waals surface area contributed by atoms with E-state index in [-0.39, 0.29) is 22.7 Å². The molecule has 168 valence electrons. The maximum absolute atomic E-state index is 13.8. The fraction of sp³-hybridized carbons (Fsp3) is 0.136. The molecule has 3 aromatic carbocycles. The Morgan fingerprint density at radius 1 is 0.969 bits per heavy atom. The second-order valence-electron chi connectivity index (χ2n) is 6.97. The lowest BCUT2D eigenvalue weighted by Crippen LogP contribution is -2.26. The summed E-state index contributed by atoms with van der Waals surface area (Å²) in [5.41, 5.74) is -0.506. The van der Waals surface area contributed by atoms with Crippen molar-refractivity contribution >= 4 is 21.6 Å². The number of rotatable bonds is 6. The summed E-state index contributed by atoms with van der Waals surface area (Å²) in [7, 11) is -2.72. The molecule has 3 rings (SSSR count). The van der Waals surface area contributed by atoms with Crippen LogP contribution in [0, 0.1) is 5.82 Å². The molecule has 0 aliphatic heterocycles. The van der Waals surface area contributed by atoms with E-state index in [0.717, 1.165) is 24.3 Å². The molecule has 0 bridgehead atoms. The quantitative estimate of drug-likeness (QED) is 0.525. The normalized spacial score (nSPS) is 11.8. The molecule has 0 atom stereocenters. The van der Waals surface area contributed by atoms with Gasteiger partial charge in [0.1, 0.15) is 5.82 Å². The van der Waals surface area contributed by atoms with Crippen LogP contribution in [0.4, 0.5) is 23.2 Å². The Hall–Kier alpha value is -3.40. The minimum absolute atomic E-state index is 0.0153. The summed E-state index contributed by atoms with van der Waals surface area (Å²) in [6.07, 6.45) is -4.46. The molecule has 0 heterocycles. The number of carbonyl (C=O) groups is 1. The highest BCUT2D eigenvalue weighted by Crippen LogP contribution is 2.29. The van der Waals surface area contributed by atoms with E-state index in [0.29, 0.717) is 5.56 Å². The molecule has 5 nitrogen and oxygen atoms in total. The Morgan fingerprint density at radius 3 is 2.25 bits per heavy atom. The SMILES string of the molecule is CN(Cc1ccc(C(F)(F)F)cc1)C(=O)c1cccc(S(=O)(=O)Nc2ccccc2F)c1. The number of hydrogen-bond donors (Lipinski definition) is 1. The van der Waals surface area contributed by atoms with Crippen LogP contribution >= 0.6 is 0 Å². The maximum Gasteiger partial charge on any atom is 0.416 e. The zero-order valence-corrected chi connectivity index (χ0v) is 17.5. The molecule has 0 unspecified atom stereocenters. The summed E-state index contributed by atoms with van der Waals surface area (Å²) in [5, 5.41) is 0. The molecule has 0 saturated heterocycles. The molecule has 1 N–H and O–H groups in total. The van der Waals surface area contributed by atoms with Crippen molar-refractivity contribution in [2.45, 2.75) is 17.6 Å². The first-order chi connectivity index (χ1) is 15.0. The Labute approximate surface area is 182 Å². The molecule has 0 fully saturated rings. The van der Waals surface area contributed by atoms with Gasteiger partial charge in [0.2, 0.25) is 0 Å². The van der Waals surface area contributed by atoms with Gasteiger partial charge in [-0.05, 0) is 48.0 Å². The Morgan fingerprint density at radius 2 is 1.62 bits per heavy atom. The van der Waals surface area contributed by atoms with Crippen molar-refractivity contribution < 1.29 is 30.8 Å². The molecular weight excluding hydrogens is 448 g/mol. The minimum Gasteiger partial charge on any atom is -0.337 e. The lowest BCUT2D eigenvalue weighted by atomic mass is 10.1. The van der Waals surface area contributed by atoms with Crippen molar-refractivity contribution in [3.63, 3.8) is 0 Å². The van der Waals surface area contributed by atoms with Crippen LogP contribution < -0.4 is 4.72 Å². The third kappa shape index (κ3) is 5.44. The zero-order valence-electron chi connectivity index (χ0n) is 16.7. The Bertz CT molecular complexity index is 1230. The number of benzene rings is 3. The molecule has 0 aliphatic carbocycles. The lowest BCUT2D eigenvalue weighted by Gasteiger charge is -2.18. The van der Waals surface area contributed by atoms with E-state index in [1.165, 1.54) is 60.5 Å². The van der Waals surface area contributed by atoms with Crippen LogP contribution in [0.3, 0.4) is 0 Å². The number of alkyl halides is 3. The highest BCUT2D eigenvalue weighted by molar-refractivity contribution is 7.92. The second kappa shape index (κ2) is 8.99. The van der Waals surface area contributed by atoms with Crippen LogP contribution in [0.1, 0.15) is 21.5 Å². The van der Waals surface area contributed by atoms with Crippen LogP contribution in [0.15, 0.2) is 77.7 Å². The maximum atomic E-state index is 13.8. The van der Waals surface area contributed by atoms with E-state index in [1.807, 2.05) is 0 Å². The molecular formula is C22H18F4N2O3S. The number of amides is 1. The smallest absolute Gasteiger partial charge is 0.337 e. The van der Waals surface area contributed by atoms with Crippen molar-refractivity contribution in [1.82, 2.24) is 4.90 Å². The molecule has 0 radical (unpaired) electrons. The number of carbonyl (C=O) groups excluding carboxylic acids is 1. The summed E-state index contributed by atoms with van der Waals surface area (Å²) in [5.74, 6) is -1.28. The first kappa shape index (κ1) is 23.3. The molecule has 3 aromatic rings. The van der Waals surface area contributed by atoms with Gasteiger partial charge in [-0.3, -0.25) is 9.52 Å². The van der Waals surface area contributed by atoms with E-state index in [9.17, 15) is 30.8 Å². The van der Waals surface area contributed by atoms with Crippen LogP contribution in [0.2, 0.25) is 0 Å². The first-order valence-electron chi connectivity index (χ1n) is 9.26. The largest absolute Gasteiger partial charge is 0.416 e. The number of halogens is 4. The van der Waals surface area contributed by atoms with Gasteiger partial charge in [-0.2, -0.15) is 13.2 Å². The van der Waals surface area contributed by atoms with Gasteiger partial charge in [-0.25, -0.2) is 12.8 Å². The predicted octanol–water partition coefficient (Wildman–Crippen LogP) is 4.92. The third-order valence-corrected chi connectivity index (χ3v) is 5.92. The van der Waals surface area contributed by atoms with Crippen LogP contribution in [-0.2, 0) is 22.7 Å². The first-order valence-corrected chi connectivity index (χ1v) is 10.7. The van der Waals surface area contributed by atoms with Crippen molar-refractivity contribution in [1.29, 1.82) is 0 Å². The van der Waals surface area contributed by atoms with Crippen LogP contribution in [0.5, 0.6) is 0 Å². The van der Waals surface area contributed by atoms with Crippen molar-refractivity contribution in [3.8, 4) is 0 Å². The minimum atomic E-state index is -4.46. The molecule has 0 spiro atoms. The summed E-state index contributed by atoms with van der Waals surface area (Å²) < 4.78 is 79.2. The Kier molecular flexibility index (Phi) is 6.54. The monoisotopic (exact) mass is 466 g/mol.